The van der Waals surface area contributed by atoms with Gasteiger partial charge in [0, 0.05) is 6.92 Å². The molecule has 0 aliphatic heterocycles. The zero-order chi connectivity index (χ0) is 17.8. The molecular weight excluding hydrogens is 304 g/mol. The maximum Gasteiger partial charge on any atom is 0.328 e. The molecule has 0 heterocycles. The smallest absolute Gasteiger partial charge is 0.328 e. The zero-order valence-electron chi connectivity index (χ0n) is 13.9. The summed E-state index contributed by atoms with van der Waals surface area (Å²) >= 11 is 0. The van der Waals surface area contributed by atoms with Crippen molar-refractivity contribution >= 4 is 23.6 Å². The highest BCUT2D eigenvalue weighted by atomic mass is 16.5. The molecule has 0 radical (unpaired) electrons. The number of ketones is 1. The number of methoxy groups -OCH3 is 2. The molecular formula is C15H24N2O6. The van der Waals surface area contributed by atoms with E-state index in [0.29, 0.717) is 0 Å². The van der Waals surface area contributed by atoms with Crippen LogP contribution in [0.4, 0.5) is 0 Å². The molecule has 130 valence electrons. The molecule has 0 aliphatic carbocycles. The van der Waals surface area contributed by atoms with Gasteiger partial charge in [0.1, 0.15) is 17.9 Å². The monoisotopic (exact) mass is 328 g/mol. The lowest BCUT2D eigenvalue weighted by molar-refractivity contribution is -0.145. The van der Waals surface area contributed by atoms with Gasteiger partial charge >= 0.3 is 11.9 Å². The van der Waals surface area contributed by atoms with E-state index in [1.165, 1.54) is 28.1 Å². The summed E-state index contributed by atoms with van der Waals surface area (Å²) in [7, 11) is 2.50. The van der Waals surface area contributed by atoms with Gasteiger partial charge in [0.2, 0.25) is 5.91 Å². The van der Waals surface area contributed by atoms with Crippen molar-refractivity contribution < 1.29 is 28.7 Å². The molecule has 0 saturated carbocycles. The third-order valence-corrected chi connectivity index (χ3v) is 2.86. The quantitative estimate of drug-likeness (QED) is 0.419. The maximum atomic E-state index is 11.6. The average Bonchev–Trinajstić information content (AvgIpc) is 2.50. The Bertz CT molecular complexity index is 461. The lowest BCUT2D eigenvalue weighted by Crippen LogP contribution is -2.40. The predicted octanol–water partition coefficient (Wildman–Crippen LogP) is -0.279. The van der Waals surface area contributed by atoms with Crippen LogP contribution in [0.1, 0.15) is 26.7 Å². The van der Waals surface area contributed by atoms with Crippen molar-refractivity contribution in [3.63, 3.8) is 0 Å². The number of hydrogen-bond acceptors (Lipinski definition) is 7. The Labute approximate surface area is 135 Å². The zero-order valence-corrected chi connectivity index (χ0v) is 13.9. The standard InChI is InChI=1S/C15H24N2O6/c1-10(18)9-16-12(14(20)22-3)7-5-6-8-13(15(21)23-4)17-11(2)19/h5-6,12-13,16H,7-9H2,1-4H3,(H,17,19)/b6-5+/t12-,13-/m0/s1. The topological polar surface area (TPSA) is 111 Å². The highest BCUT2D eigenvalue weighted by Crippen LogP contribution is 2.01. The second kappa shape index (κ2) is 11.4. The van der Waals surface area contributed by atoms with E-state index in [1.54, 1.807) is 12.2 Å². The molecule has 2 N–H and O–H groups in total. The Morgan fingerprint density at radius 3 is 1.83 bits per heavy atom. The van der Waals surface area contributed by atoms with Crippen molar-refractivity contribution in [1.82, 2.24) is 10.6 Å². The first-order valence-electron chi connectivity index (χ1n) is 7.12. The lowest BCUT2D eigenvalue weighted by Gasteiger charge is -2.14. The van der Waals surface area contributed by atoms with Crippen LogP contribution in [-0.2, 0) is 28.7 Å². The van der Waals surface area contributed by atoms with E-state index in [-0.39, 0.29) is 31.1 Å². The summed E-state index contributed by atoms with van der Waals surface area (Å²) in [5.41, 5.74) is 0. The van der Waals surface area contributed by atoms with E-state index < -0.39 is 24.0 Å². The number of esters is 2. The third kappa shape index (κ3) is 9.41. The molecule has 0 spiro atoms. The SMILES string of the molecule is COC(=O)[C@H](C/C=C/C[C@H](NC(C)=O)C(=O)OC)NCC(C)=O. The largest absolute Gasteiger partial charge is 0.468 e. The van der Waals surface area contributed by atoms with Crippen LogP contribution in [0.25, 0.3) is 0 Å². The number of nitrogens with one attached hydrogen (secondary N) is 2. The molecule has 0 saturated heterocycles. The molecule has 0 unspecified atom stereocenters. The summed E-state index contributed by atoms with van der Waals surface area (Å²) in [4.78, 5) is 45.1. The van der Waals surface area contributed by atoms with Crippen molar-refractivity contribution in [3.8, 4) is 0 Å². The Balaban J connectivity index is 4.58. The van der Waals surface area contributed by atoms with Gasteiger partial charge in [-0.15, -0.1) is 0 Å². The van der Waals surface area contributed by atoms with Crippen LogP contribution in [-0.4, -0.2) is 56.5 Å². The average molecular weight is 328 g/mol. The van der Waals surface area contributed by atoms with E-state index in [4.69, 9.17) is 0 Å². The van der Waals surface area contributed by atoms with Crippen molar-refractivity contribution in [2.45, 2.75) is 38.8 Å². The molecule has 2 atom stereocenters. The molecule has 0 aliphatic rings. The number of amides is 1. The normalized spacial score (nSPS) is 13.2. The van der Waals surface area contributed by atoms with Crippen molar-refractivity contribution in [1.29, 1.82) is 0 Å². The van der Waals surface area contributed by atoms with E-state index in [2.05, 4.69) is 20.1 Å². The highest BCUT2D eigenvalue weighted by molar-refractivity contribution is 5.83. The summed E-state index contributed by atoms with van der Waals surface area (Å²) in [6, 6.07) is -1.44. The fraction of sp³-hybridized carbons (Fsp3) is 0.600. The van der Waals surface area contributed by atoms with Gasteiger partial charge in [-0.3, -0.25) is 19.7 Å². The van der Waals surface area contributed by atoms with Crippen LogP contribution in [0.15, 0.2) is 12.2 Å². The third-order valence-electron chi connectivity index (χ3n) is 2.86. The van der Waals surface area contributed by atoms with Crippen LogP contribution < -0.4 is 10.6 Å². The fourth-order valence-electron chi connectivity index (χ4n) is 1.74. The summed E-state index contributed by atoms with van der Waals surface area (Å²) in [6.07, 6.45) is 3.84. The fourth-order valence-corrected chi connectivity index (χ4v) is 1.74. The molecule has 0 aromatic rings. The van der Waals surface area contributed by atoms with Gasteiger partial charge < -0.3 is 14.8 Å². The number of carbonyl (C=O) groups is 4. The summed E-state index contributed by atoms with van der Waals surface area (Å²) in [5, 5.41) is 5.26. The highest BCUT2D eigenvalue weighted by Gasteiger charge is 2.19. The summed E-state index contributed by atoms with van der Waals surface area (Å²) < 4.78 is 9.25. The van der Waals surface area contributed by atoms with E-state index >= 15 is 0 Å². The lowest BCUT2D eigenvalue weighted by atomic mass is 10.1. The Hall–Kier alpha value is -2.22. The maximum absolute atomic E-state index is 11.6. The van der Waals surface area contributed by atoms with Gasteiger partial charge in [0.05, 0.1) is 20.8 Å². The molecule has 8 heteroatoms. The Morgan fingerprint density at radius 2 is 1.39 bits per heavy atom. The number of ether oxygens (including phenoxy) is 2. The second-order valence-corrected chi connectivity index (χ2v) is 4.88. The van der Waals surface area contributed by atoms with Gasteiger partial charge in [-0.05, 0) is 19.8 Å². The van der Waals surface area contributed by atoms with Crippen LogP contribution in [0.5, 0.6) is 0 Å². The molecule has 0 bridgehead atoms. The molecule has 0 aromatic carbocycles. The van der Waals surface area contributed by atoms with Gasteiger partial charge in [0.25, 0.3) is 0 Å². The predicted molar refractivity (Wildman–Crippen MR) is 82.5 cm³/mol. The number of carbonyl (C=O) groups excluding carboxylic acids is 4. The van der Waals surface area contributed by atoms with Gasteiger partial charge in [-0.1, -0.05) is 12.2 Å². The van der Waals surface area contributed by atoms with Crippen LogP contribution in [0.2, 0.25) is 0 Å². The first kappa shape index (κ1) is 20.8. The molecule has 0 aromatic heterocycles. The second-order valence-electron chi connectivity index (χ2n) is 4.88. The number of Topliss-reactive ketones (excluding diaryl/α,β-unsaturated/α-hetero) is 1. The van der Waals surface area contributed by atoms with E-state index in [0.717, 1.165) is 0 Å². The Kier molecular flexibility index (Phi) is 10.3. The minimum Gasteiger partial charge on any atom is -0.468 e. The van der Waals surface area contributed by atoms with E-state index in [1.807, 2.05) is 0 Å². The molecule has 0 fully saturated rings. The molecule has 23 heavy (non-hydrogen) atoms. The van der Waals surface area contributed by atoms with Gasteiger partial charge in [-0.25, -0.2) is 4.79 Å². The van der Waals surface area contributed by atoms with Crippen molar-refractivity contribution in [2.75, 3.05) is 20.8 Å². The molecule has 0 rings (SSSR count). The van der Waals surface area contributed by atoms with Gasteiger partial charge in [0.15, 0.2) is 0 Å². The van der Waals surface area contributed by atoms with Crippen LogP contribution in [0, 0.1) is 0 Å². The first-order chi connectivity index (χ1) is 10.8. The minimum absolute atomic E-state index is 0.0598. The van der Waals surface area contributed by atoms with Gasteiger partial charge in [-0.2, -0.15) is 0 Å². The summed E-state index contributed by atoms with van der Waals surface area (Å²) in [5.74, 6) is -1.48. The molecule has 8 nitrogen and oxygen atoms in total. The number of hydrogen-bond donors (Lipinski definition) is 2. The number of rotatable bonds is 10. The van der Waals surface area contributed by atoms with Crippen molar-refractivity contribution in [2.24, 2.45) is 0 Å². The van der Waals surface area contributed by atoms with E-state index in [9.17, 15) is 19.2 Å². The molecule has 1 amide bonds. The van der Waals surface area contributed by atoms with Crippen molar-refractivity contribution in [3.05, 3.63) is 12.2 Å². The minimum atomic E-state index is -0.782. The van der Waals surface area contributed by atoms with Crippen LogP contribution >= 0.6 is 0 Å². The Morgan fingerprint density at radius 1 is 0.913 bits per heavy atom. The first-order valence-corrected chi connectivity index (χ1v) is 7.12. The summed E-state index contributed by atoms with van der Waals surface area (Å²) in [6.45, 7) is 2.77. The van der Waals surface area contributed by atoms with Crippen LogP contribution in [0.3, 0.4) is 0 Å².